The van der Waals surface area contributed by atoms with Crippen LogP contribution in [0, 0.1) is 6.92 Å². The second-order valence-corrected chi connectivity index (χ2v) is 8.21. The molecule has 3 aromatic carbocycles. The summed E-state index contributed by atoms with van der Waals surface area (Å²) in [6.45, 7) is 4.72. The number of hydrogen-bond acceptors (Lipinski definition) is 5. The van der Waals surface area contributed by atoms with Crippen LogP contribution < -0.4 is 25.7 Å². The fourth-order valence-electron chi connectivity index (χ4n) is 3.84. The van der Waals surface area contributed by atoms with E-state index in [1.165, 1.54) is 4.57 Å². The number of hydrogen-bond donors (Lipinski definition) is 2. The molecule has 0 radical (unpaired) electrons. The molecule has 0 aliphatic rings. The first-order valence-corrected chi connectivity index (χ1v) is 11.5. The molecule has 180 valence electrons. The van der Waals surface area contributed by atoms with Gasteiger partial charge < -0.3 is 20.1 Å². The molecule has 0 aliphatic heterocycles. The molecule has 0 spiro atoms. The van der Waals surface area contributed by atoms with Gasteiger partial charge in [0.25, 0.3) is 5.56 Å². The summed E-state index contributed by atoms with van der Waals surface area (Å²) in [7, 11) is 1.57. The highest BCUT2D eigenvalue weighted by molar-refractivity contribution is 5.92. The van der Waals surface area contributed by atoms with Gasteiger partial charge in [0.1, 0.15) is 18.0 Å². The molecule has 35 heavy (non-hydrogen) atoms. The van der Waals surface area contributed by atoms with Crippen molar-refractivity contribution in [1.82, 2.24) is 4.57 Å². The Morgan fingerprint density at radius 2 is 1.60 bits per heavy atom. The monoisotopic (exact) mass is 471 g/mol. The van der Waals surface area contributed by atoms with Crippen molar-refractivity contribution in [2.24, 2.45) is 0 Å². The molecule has 0 fully saturated rings. The van der Waals surface area contributed by atoms with Crippen molar-refractivity contribution in [1.29, 1.82) is 0 Å². The van der Waals surface area contributed by atoms with Crippen LogP contribution in [0.1, 0.15) is 18.1 Å². The number of nitrogens with one attached hydrogen (secondary N) is 2. The lowest BCUT2D eigenvalue weighted by atomic mass is 10.1. The molecule has 0 atom stereocenters. The van der Waals surface area contributed by atoms with Crippen LogP contribution in [-0.2, 0) is 17.9 Å². The number of rotatable bonds is 9. The van der Waals surface area contributed by atoms with Gasteiger partial charge in [-0.3, -0.25) is 14.2 Å². The van der Waals surface area contributed by atoms with Crippen molar-refractivity contribution in [3.8, 4) is 11.5 Å². The van der Waals surface area contributed by atoms with E-state index >= 15 is 0 Å². The summed E-state index contributed by atoms with van der Waals surface area (Å²) in [6, 6.07) is 22.5. The average Bonchev–Trinajstić information content (AvgIpc) is 2.87. The minimum Gasteiger partial charge on any atom is -0.497 e. The summed E-state index contributed by atoms with van der Waals surface area (Å²) in [5, 5.41) is 7.01. The average molecular weight is 472 g/mol. The lowest BCUT2D eigenvalue weighted by molar-refractivity contribution is -0.116. The first-order chi connectivity index (χ1) is 17.0. The van der Waals surface area contributed by atoms with Crippen LogP contribution in [0.15, 0.2) is 77.6 Å². The van der Waals surface area contributed by atoms with Gasteiger partial charge in [0.2, 0.25) is 5.91 Å². The maximum atomic E-state index is 13.4. The number of pyridine rings is 1. The number of anilines is 2. The van der Waals surface area contributed by atoms with Crippen LogP contribution >= 0.6 is 0 Å². The van der Waals surface area contributed by atoms with E-state index < -0.39 is 0 Å². The van der Waals surface area contributed by atoms with Crippen molar-refractivity contribution in [2.75, 3.05) is 24.4 Å². The summed E-state index contributed by atoms with van der Waals surface area (Å²) < 4.78 is 12.3. The third-order valence-corrected chi connectivity index (χ3v) is 5.66. The Balaban J connectivity index is 1.61. The van der Waals surface area contributed by atoms with Gasteiger partial charge in [-0.15, -0.1) is 0 Å². The summed E-state index contributed by atoms with van der Waals surface area (Å²) in [5.74, 6) is 1.04. The zero-order chi connectivity index (χ0) is 24.8. The van der Waals surface area contributed by atoms with Crippen molar-refractivity contribution in [2.45, 2.75) is 26.9 Å². The molecule has 4 rings (SSSR count). The number of aromatic nitrogens is 1. The van der Waals surface area contributed by atoms with E-state index in [9.17, 15) is 9.59 Å². The molecule has 1 aromatic heterocycles. The van der Waals surface area contributed by atoms with Crippen molar-refractivity contribution >= 4 is 28.2 Å². The Morgan fingerprint density at radius 1 is 0.914 bits per heavy atom. The standard InChI is InChI=1S/C28H29N3O4/c1-4-35-24-13-10-23(11-14-24)30-27(32)18-31-26-16-25(34-3)12-7-20(26)15-21(28(31)33)17-29-22-8-5-19(2)6-9-22/h5-16,29H,4,17-18H2,1-3H3,(H,30,32). The first-order valence-electron chi connectivity index (χ1n) is 11.5. The molecule has 2 N–H and O–H groups in total. The third kappa shape index (κ3) is 5.81. The third-order valence-electron chi connectivity index (χ3n) is 5.66. The number of methoxy groups -OCH3 is 1. The number of benzene rings is 3. The van der Waals surface area contributed by atoms with E-state index in [0.717, 1.165) is 22.4 Å². The van der Waals surface area contributed by atoms with Crippen molar-refractivity contribution in [3.05, 3.63) is 94.3 Å². The Hall–Kier alpha value is -4.26. The van der Waals surface area contributed by atoms with Crippen molar-refractivity contribution in [3.63, 3.8) is 0 Å². The Labute approximate surface area is 204 Å². The highest BCUT2D eigenvalue weighted by atomic mass is 16.5. The number of aryl methyl sites for hydroxylation is 1. The van der Waals surface area contributed by atoms with Crippen LogP contribution in [0.2, 0.25) is 0 Å². The number of fused-ring (bicyclic) bond motifs is 1. The predicted molar refractivity (Wildman–Crippen MR) is 140 cm³/mol. The maximum Gasteiger partial charge on any atom is 0.256 e. The molecular formula is C28H29N3O4. The summed E-state index contributed by atoms with van der Waals surface area (Å²) in [4.78, 5) is 26.4. The van der Waals surface area contributed by atoms with Crippen LogP contribution in [0.5, 0.6) is 11.5 Å². The lowest BCUT2D eigenvalue weighted by Gasteiger charge is -2.15. The van der Waals surface area contributed by atoms with E-state index in [2.05, 4.69) is 10.6 Å². The smallest absolute Gasteiger partial charge is 0.256 e. The van der Waals surface area contributed by atoms with Crippen LogP contribution in [0.25, 0.3) is 10.9 Å². The van der Waals surface area contributed by atoms with E-state index in [-0.39, 0.29) is 18.0 Å². The topological polar surface area (TPSA) is 81.6 Å². The Kier molecular flexibility index (Phi) is 7.35. The molecule has 7 nitrogen and oxygen atoms in total. The molecule has 0 unspecified atom stereocenters. The largest absolute Gasteiger partial charge is 0.497 e. The summed E-state index contributed by atoms with van der Waals surface area (Å²) in [6.07, 6.45) is 0. The lowest BCUT2D eigenvalue weighted by Crippen LogP contribution is -2.30. The number of nitrogens with zero attached hydrogens (tertiary/aromatic N) is 1. The molecule has 0 saturated heterocycles. The fourth-order valence-corrected chi connectivity index (χ4v) is 3.84. The van der Waals surface area contributed by atoms with Gasteiger partial charge in [-0.2, -0.15) is 0 Å². The highest BCUT2D eigenvalue weighted by Gasteiger charge is 2.14. The summed E-state index contributed by atoms with van der Waals surface area (Å²) >= 11 is 0. The maximum absolute atomic E-state index is 13.4. The zero-order valence-corrected chi connectivity index (χ0v) is 20.1. The van der Waals surface area contributed by atoms with E-state index in [1.54, 1.807) is 37.4 Å². The van der Waals surface area contributed by atoms with Gasteiger partial charge in [-0.1, -0.05) is 17.7 Å². The summed E-state index contributed by atoms with van der Waals surface area (Å²) in [5.41, 5.74) is 3.69. The highest BCUT2D eigenvalue weighted by Crippen LogP contribution is 2.22. The fraction of sp³-hybridized carbons (Fsp3) is 0.214. The second-order valence-electron chi connectivity index (χ2n) is 8.21. The van der Waals surface area contributed by atoms with Gasteiger partial charge in [0, 0.05) is 29.5 Å². The van der Waals surface area contributed by atoms with Gasteiger partial charge in [-0.25, -0.2) is 0 Å². The number of ether oxygens (including phenoxy) is 2. The second kappa shape index (κ2) is 10.8. The van der Waals surface area contributed by atoms with Crippen LogP contribution in [-0.4, -0.2) is 24.2 Å². The van der Waals surface area contributed by atoms with Crippen LogP contribution in [0.4, 0.5) is 11.4 Å². The van der Waals surface area contributed by atoms with E-state index in [0.29, 0.717) is 35.7 Å². The zero-order valence-electron chi connectivity index (χ0n) is 20.1. The van der Waals surface area contributed by atoms with Crippen LogP contribution in [0.3, 0.4) is 0 Å². The molecule has 7 heteroatoms. The van der Waals surface area contributed by atoms with Gasteiger partial charge in [0.05, 0.1) is 19.2 Å². The normalized spacial score (nSPS) is 10.7. The molecule has 4 aromatic rings. The van der Waals surface area contributed by atoms with Gasteiger partial charge in [0.15, 0.2) is 0 Å². The molecule has 1 amide bonds. The van der Waals surface area contributed by atoms with E-state index in [1.807, 2.05) is 56.3 Å². The number of carbonyl (C=O) groups excluding carboxylic acids is 1. The molecule has 0 bridgehead atoms. The first kappa shape index (κ1) is 23.9. The van der Waals surface area contributed by atoms with Gasteiger partial charge >= 0.3 is 0 Å². The molecule has 0 saturated carbocycles. The molecule has 1 heterocycles. The minimum absolute atomic E-state index is 0.131. The van der Waals surface area contributed by atoms with Gasteiger partial charge in [-0.05, 0) is 73.8 Å². The molecular weight excluding hydrogens is 442 g/mol. The molecule has 0 aliphatic carbocycles. The number of amides is 1. The Bertz CT molecular complexity index is 1380. The predicted octanol–water partition coefficient (Wildman–Crippen LogP) is 4.97. The quantitative estimate of drug-likeness (QED) is 0.360. The van der Waals surface area contributed by atoms with Crippen molar-refractivity contribution < 1.29 is 14.3 Å². The number of carbonyl (C=O) groups is 1. The SMILES string of the molecule is CCOc1ccc(NC(=O)Cn2c(=O)c(CNc3ccc(C)cc3)cc3ccc(OC)cc32)cc1. The minimum atomic E-state index is -0.302. The van der Waals surface area contributed by atoms with E-state index in [4.69, 9.17) is 9.47 Å². The Morgan fingerprint density at radius 3 is 2.29 bits per heavy atom.